The maximum atomic E-state index is 11.8. The van der Waals surface area contributed by atoms with E-state index in [9.17, 15) is 15.0 Å². The molecule has 7 heteroatoms. The molecule has 4 aliphatic rings. The third-order valence-corrected chi connectivity index (χ3v) is 11.7. The SMILES string of the molecule is CC[C@H]1[C@@H](O)C2C3CCC([C@H](C)CCc4nnc(C(=O)O)[nH]4)[C@@]3(C)CCC2[C@@]2(C)CC[C@@H](O)C[C@@H]12. The molecule has 4 fully saturated rings. The lowest BCUT2D eigenvalue weighted by molar-refractivity contribution is -0.203. The first-order chi connectivity index (χ1) is 16.6. The number of nitrogens with one attached hydrogen (secondary N) is 1. The van der Waals surface area contributed by atoms with Crippen molar-refractivity contribution in [3.05, 3.63) is 11.6 Å². The molecule has 7 nitrogen and oxygen atoms in total. The van der Waals surface area contributed by atoms with E-state index in [1.165, 1.54) is 25.7 Å². The smallest absolute Gasteiger partial charge is 0.373 e. The Kier molecular flexibility index (Phi) is 6.57. The summed E-state index contributed by atoms with van der Waals surface area (Å²) in [6.07, 6.45) is 9.94. The molecule has 0 spiro atoms. The Labute approximate surface area is 209 Å². The summed E-state index contributed by atoms with van der Waals surface area (Å²) in [6.45, 7) is 9.59. The van der Waals surface area contributed by atoms with Crippen molar-refractivity contribution in [1.82, 2.24) is 15.2 Å². The molecule has 5 rings (SSSR count). The molecular weight excluding hydrogens is 442 g/mol. The van der Waals surface area contributed by atoms with E-state index in [0.29, 0.717) is 53.7 Å². The molecule has 4 unspecified atom stereocenters. The Bertz CT molecular complexity index is 935. The molecule has 0 amide bonds. The predicted octanol–water partition coefficient (Wildman–Crippen LogP) is 4.70. The third kappa shape index (κ3) is 3.96. The first-order valence-corrected chi connectivity index (χ1v) is 14.1. The van der Waals surface area contributed by atoms with Crippen molar-refractivity contribution in [2.75, 3.05) is 0 Å². The summed E-state index contributed by atoms with van der Waals surface area (Å²) in [6, 6.07) is 0. The maximum absolute atomic E-state index is 11.8. The molecule has 0 aromatic carbocycles. The topological polar surface area (TPSA) is 119 Å². The van der Waals surface area contributed by atoms with Crippen LogP contribution in [0, 0.1) is 52.3 Å². The number of aromatic nitrogens is 3. The molecule has 4 saturated carbocycles. The van der Waals surface area contributed by atoms with Gasteiger partial charge in [0.2, 0.25) is 5.82 Å². The van der Waals surface area contributed by atoms with E-state index in [0.717, 1.165) is 32.1 Å². The molecule has 4 N–H and O–H groups in total. The minimum Gasteiger partial charge on any atom is -0.475 e. The van der Waals surface area contributed by atoms with Crippen molar-refractivity contribution in [3.8, 4) is 0 Å². The number of aliphatic hydroxyl groups is 2. The van der Waals surface area contributed by atoms with Crippen molar-refractivity contribution >= 4 is 5.97 Å². The van der Waals surface area contributed by atoms with E-state index in [2.05, 4.69) is 42.9 Å². The van der Waals surface area contributed by atoms with Crippen molar-refractivity contribution < 1.29 is 20.1 Å². The Morgan fingerprint density at radius 1 is 1.06 bits per heavy atom. The molecule has 196 valence electrons. The van der Waals surface area contributed by atoms with Crippen molar-refractivity contribution in [2.24, 2.45) is 52.3 Å². The van der Waals surface area contributed by atoms with Crippen molar-refractivity contribution in [3.63, 3.8) is 0 Å². The van der Waals surface area contributed by atoms with Crippen LogP contribution in [0.3, 0.4) is 0 Å². The Hall–Kier alpha value is -1.47. The number of hydrogen-bond acceptors (Lipinski definition) is 5. The molecule has 4 aliphatic carbocycles. The number of nitrogens with zero attached hydrogens (tertiary/aromatic N) is 2. The van der Waals surface area contributed by atoms with E-state index in [1.54, 1.807) is 0 Å². The number of hydrogen-bond donors (Lipinski definition) is 4. The molecule has 0 aliphatic heterocycles. The average molecular weight is 488 g/mol. The fourth-order valence-corrected chi connectivity index (χ4v) is 10.0. The van der Waals surface area contributed by atoms with E-state index in [1.807, 2.05) is 0 Å². The van der Waals surface area contributed by atoms with Gasteiger partial charge in [-0.05, 0) is 104 Å². The van der Waals surface area contributed by atoms with Crippen LogP contribution in [0.4, 0.5) is 0 Å². The van der Waals surface area contributed by atoms with Gasteiger partial charge in [0.15, 0.2) is 0 Å². The highest BCUT2D eigenvalue weighted by Crippen LogP contribution is 2.69. The molecule has 1 aromatic rings. The number of aryl methyl sites for hydroxylation is 1. The molecule has 11 atom stereocenters. The number of H-pyrrole nitrogens is 1. The largest absolute Gasteiger partial charge is 0.475 e. The van der Waals surface area contributed by atoms with Crippen LogP contribution >= 0.6 is 0 Å². The second-order valence-corrected chi connectivity index (χ2v) is 13.1. The number of fused-ring (bicyclic) bond motifs is 5. The van der Waals surface area contributed by atoms with Crippen LogP contribution in [0.2, 0.25) is 0 Å². The molecule has 0 bridgehead atoms. The van der Waals surface area contributed by atoms with E-state index < -0.39 is 5.97 Å². The minimum atomic E-state index is -1.07. The zero-order valence-electron chi connectivity index (χ0n) is 21.9. The lowest BCUT2D eigenvalue weighted by Crippen LogP contribution is -2.62. The quantitative estimate of drug-likeness (QED) is 0.462. The van der Waals surface area contributed by atoms with Gasteiger partial charge in [-0.1, -0.05) is 34.1 Å². The molecular formula is C28H45N3O4. The standard InChI is InChI=1S/C28H45N3O4/c1-5-17-21-14-16(32)10-12-28(21,4)20-11-13-27(3)18(7-8-19(27)23(20)24(17)33)15(2)6-9-22-29-25(26(34)35)31-30-22/h15-21,23-24,32-33H,5-14H2,1-4H3,(H,34,35)(H,29,30,31)/t15-,16-,17-,18?,19?,20?,21+,23?,24-,27-,28-/m1/s1. The lowest BCUT2D eigenvalue weighted by atomic mass is 9.41. The van der Waals surface area contributed by atoms with Crippen LogP contribution < -0.4 is 0 Å². The van der Waals surface area contributed by atoms with Crippen LogP contribution in [0.25, 0.3) is 0 Å². The highest BCUT2D eigenvalue weighted by molar-refractivity contribution is 5.82. The zero-order valence-corrected chi connectivity index (χ0v) is 21.9. The van der Waals surface area contributed by atoms with E-state index in [4.69, 9.17) is 5.11 Å². The van der Waals surface area contributed by atoms with Crippen LogP contribution in [0.1, 0.15) is 102 Å². The fraction of sp³-hybridized carbons (Fsp3) is 0.893. The summed E-state index contributed by atoms with van der Waals surface area (Å²) < 4.78 is 0. The van der Waals surface area contributed by atoms with E-state index >= 15 is 0 Å². The van der Waals surface area contributed by atoms with Crippen LogP contribution in [-0.4, -0.2) is 48.7 Å². The molecule has 35 heavy (non-hydrogen) atoms. The number of carbonyl (C=O) groups is 1. The highest BCUT2D eigenvalue weighted by Gasteiger charge is 2.64. The van der Waals surface area contributed by atoms with Crippen LogP contribution in [-0.2, 0) is 6.42 Å². The summed E-state index contributed by atoms with van der Waals surface area (Å²) in [5.74, 6) is 2.86. The first kappa shape index (κ1) is 25.2. The summed E-state index contributed by atoms with van der Waals surface area (Å²) in [4.78, 5) is 13.9. The van der Waals surface area contributed by atoms with Gasteiger partial charge in [-0.15, -0.1) is 10.2 Å². The van der Waals surface area contributed by atoms with Crippen LogP contribution in [0.5, 0.6) is 0 Å². The number of aliphatic hydroxyl groups excluding tert-OH is 2. The minimum absolute atomic E-state index is 0.0855. The summed E-state index contributed by atoms with van der Waals surface area (Å²) in [5, 5.41) is 39.2. The van der Waals surface area contributed by atoms with Gasteiger partial charge in [0.1, 0.15) is 5.82 Å². The van der Waals surface area contributed by atoms with Gasteiger partial charge in [-0.25, -0.2) is 4.79 Å². The zero-order chi connectivity index (χ0) is 25.1. The second-order valence-electron chi connectivity index (χ2n) is 13.1. The molecule has 0 saturated heterocycles. The lowest BCUT2D eigenvalue weighted by Gasteiger charge is -2.64. The summed E-state index contributed by atoms with van der Waals surface area (Å²) in [7, 11) is 0. The molecule has 1 heterocycles. The third-order valence-electron chi connectivity index (χ3n) is 11.7. The van der Waals surface area contributed by atoms with Gasteiger partial charge in [0.05, 0.1) is 12.2 Å². The number of carboxylic acid groups (broad SMARTS) is 1. The number of aromatic carboxylic acids is 1. The fourth-order valence-electron chi connectivity index (χ4n) is 10.0. The van der Waals surface area contributed by atoms with Crippen molar-refractivity contribution in [1.29, 1.82) is 0 Å². The molecule has 0 radical (unpaired) electrons. The Balaban J connectivity index is 1.34. The molecule has 1 aromatic heterocycles. The first-order valence-electron chi connectivity index (χ1n) is 14.1. The Morgan fingerprint density at radius 3 is 2.46 bits per heavy atom. The number of carboxylic acids is 1. The Morgan fingerprint density at radius 2 is 1.77 bits per heavy atom. The monoisotopic (exact) mass is 487 g/mol. The van der Waals surface area contributed by atoms with Gasteiger partial charge >= 0.3 is 5.97 Å². The van der Waals surface area contributed by atoms with E-state index in [-0.39, 0.29) is 28.9 Å². The van der Waals surface area contributed by atoms with Gasteiger partial charge < -0.3 is 20.3 Å². The summed E-state index contributed by atoms with van der Waals surface area (Å²) in [5.41, 5.74) is 0.480. The van der Waals surface area contributed by atoms with Crippen LogP contribution in [0.15, 0.2) is 0 Å². The van der Waals surface area contributed by atoms with Crippen molar-refractivity contribution in [2.45, 2.75) is 104 Å². The average Bonchev–Trinajstić information content (AvgIpc) is 3.43. The second kappa shape index (κ2) is 9.13. The van der Waals surface area contributed by atoms with Gasteiger partial charge in [-0.3, -0.25) is 0 Å². The van der Waals surface area contributed by atoms with Gasteiger partial charge in [0.25, 0.3) is 0 Å². The highest BCUT2D eigenvalue weighted by atomic mass is 16.4. The number of aromatic amines is 1. The summed E-state index contributed by atoms with van der Waals surface area (Å²) >= 11 is 0. The van der Waals surface area contributed by atoms with Gasteiger partial charge in [-0.2, -0.15) is 0 Å². The van der Waals surface area contributed by atoms with Gasteiger partial charge in [0, 0.05) is 6.42 Å². The number of rotatable bonds is 6. The maximum Gasteiger partial charge on any atom is 0.373 e. The predicted molar refractivity (Wildman–Crippen MR) is 133 cm³/mol. The normalized spacial score (nSPS) is 45.9.